The SMILES string of the molecule is COc1cnn(C)c1C(NN)c1sccc1Cl. The van der Waals surface area contributed by atoms with Crippen LogP contribution in [0.2, 0.25) is 5.02 Å². The van der Waals surface area contributed by atoms with Crippen molar-refractivity contribution in [3.05, 3.63) is 33.2 Å². The number of halogens is 1. The molecule has 0 saturated carbocycles. The number of thiophene rings is 1. The maximum atomic E-state index is 6.12. The van der Waals surface area contributed by atoms with E-state index in [-0.39, 0.29) is 6.04 Å². The van der Waals surface area contributed by atoms with Gasteiger partial charge < -0.3 is 4.74 Å². The Morgan fingerprint density at radius 2 is 2.41 bits per heavy atom. The molecule has 92 valence electrons. The molecule has 17 heavy (non-hydrogen) atoms. The number of nitrogens with one attached hydrogen (secondary N) is 1. The third-order valence-electron chi connectivity index (χ3n) is 2.52. The normalized spacial score (nSPS) is 12.7. The zero-order valence-electron chi connectivity index (χ0n) is 9.48. The van der Waals surface area contributed by atoms with E-state index in [1.54, 1.807) is 18.0 Å². The number of hydrogen-bond acceptors (Lipinski definition) is 5. The maximum absolute atomic E-state index is 6.12. The minimum Gasteiger partial charge on any atom is -0.493 e. The van der Waals surface area contributed by atoms with E-state index in [1.807, 2.05) is 18.5 Å². The first kappa shape index (κ1) is 12.4. The fraction of sp³-hybridized carbons (Fsp3) is 0.300. The minimum absolute atomic E-state index is 0.232. The minimum atomic E-state index is -0.232. The van der Waals surface area contributed by atoms with E-state index in [1.165, 1.54) is 11.3 Å². The van der Waals surface area contributed by atoms with Gasteiger partial charge in [-0.2, -0.15) is 5.10 Å². The predicted octanol–water partition coefficient (Wildman–Crippen LogP) is 1.70. The molecular weight excluding hydrogens is 260 g/mol. The summed E-state index contributed by atoms with van der Waals surface area (Å²) >= 11 is 7.66. The van der Waals surface area contributed by atoms with Gasteiger partial charge in [0.25, 0.3) is 0 Å². The number of ether oxygens (including phenoxy) is 1. The predicted molar refractivity (Wildman–Crippen MR) is 68.3 cm³/mol. The summed E-state index contributed by atoms with van der Waals surface area (Å²) in [6.07, 6.45) is 1.65. The van der Waals surface area contributed by atoms with E-state index in [9.17, 15) is 0 Å². The Morgan fingerprint density at radius 1 is 1.65 bits per heavy atom. The van der Waals surface area contributed by atoms with Gasteiger partial charge >= 0.3 is 0 Å². The van der Waals surface area contributed by atoms with E-state index in [0.717, 1.165) is 10.6 Å². The molecule has 0 fully saturated rings. The molecule has 2 aromatic heterocycles. The Bertz CT molecular complexity index is 510. The van der Waals surface area contributed by atoms with Gasteiger partial charge in [0, 0.05) is 11.9 Å². The van der Waals surface area contributed by atoms with Crippen LogP contribution in [-0.4, -0.2) is 16.9 Å². The molecule has 0 amide bonds. The van der Waals surface area contributed by atoms with Crippen molar-refractivity contribution in [2.24, 2.45) is 12.9 Å². The lowest BCUT2D eigenvalue weighted by atomic mass is 10.1. The zero-order chi connectivity index (χ0) is 12.4. The van der Waals surface area contributed by atoms with Gasteiger partial charge in [0.2, 0.25) is 0 Å². The van der Waals surface area contributed by atoms with Crippen molar-refractivity contribution in [2.75, 3.05) is 7.11 Å². The van der Waals surface area contributed by atoms with Gasteiger partial charge in [0.05, 0.1) is 18.3 Å². The van der Waals surface area contributed by atoms with Crippen molar-refractivity contribution in [1.82, 2.24) is 15.2 Å². The Hall–Kier alpha value is -1.08. The first-order valence-corrected chi connectivity index (χ1v) is 6.19. The first-order chi connectivity index (χ1) is 8.19. The van der Waals surface area contributed by atoms with Crippen LogP contribution in [-0.2, 0) is 7.05 Å². The summed E-state index contributed by atoms with van der Waals surface area (Å²) in [4.78, 5) is 0.941. The van der Waals surface area contributed by atoms with Crippen molar-refractivity contribution in [2.45, 2.75) is 6.04 Å². The van der Waals surface area contributed by atoms with Crippen LogP contribution in [0.25, 0.3) is 0 Å². The Morgan fingerprint density at radius 3 is 2.94 bits per heavy atom. The first-order valence-electron chi connectivity index (χ1n) is 4.94. The molecule has 0 bridgehead atoms. The molecule has 7 heteroatoms. The number of methoxy groups -OCH3 is 1. The summed E-state index contributed by atoms with van der Waals surface area (Å²) in [5.74, 6) is 6.30. The number of hydrogen-bond donors (Lipinski definition) is 2. The van der Waals surface area contributed by atoms with E-state index in [2.05, 4.69) is 10.5 Å². The number of hydrazine groups is 1. The molecule has 0 aliphatic heterocycles. The largest absolute Gasteiger partial charge is 0.493 e. The van der Waals surface area contributed by atoms with Gasteiger partial charge in [-0.3, -0.25) is 10.5 Å². The molecule has 5 nitrogen and oxygen atoms in total. The van der Waals surface area contributed by atoms with Crippen molar-refractivity contribution in [1.29, 1.82) is 0 Å². The molecule has 1 unspecified atom stereocenters. The number of nitrogens with two attached hydrogens (primary N) is 1. The van der Waals surface area contributed by atoms with Gasteiger partial charge in [-0.1, -0.05) is 11.6 Å². The van der Waals surface area contributed by atoms with Crippen LogP contribution in [0.5, 0.6) is 5.75 Å². The molecule has 0 aliphatic rings. The average molecular weight is 273 g/mol. The van der Waals surface area contributed by atoms with Crippen LogP contribution in [0.4, 0.5) is 0 Å². The van der Waals surface area contributed by atoms with Crippen molar-refractivity contribution >= 4 is 22.9 Å². The lowest BCUT2D eigenvalue weighted by molar-refractivity contribution is 0.401. The molecule has 0 spiro atoms. The van der Waals surface area contributed by atoms with Crippen LogP contribution >= 0.6 is 22.9 Å². The summed E-state index contributed by atoms with van der Waals surface area (Å²) in [6.45, 7) is 0. The van der Waals surface area contributed by atoms with Crippen LogP contribution in [0.15, 0.2) is 17.6 Å². The van der Waals surface area contributed by atoms with Gasteiger partial charge in [-0.05, 0) is 11.4 Å². The highest BCUT2D eigenvalue weighted by Crippen LogP contribution is 2.35. The molecule has 2 aromatic rings. The molecule has 2 heterocycles. The van der Waals surface area contributed by atoms with E-state index in [0.29, 0.717) is 10.8 Å². The fourth-order valence-corrected chi connectivity index (χ4v) is 2.93. The molecule has 0 aliphatic carbocycles. The van der Waals surface area contributed by atoms with Crippen molar-refractivity contribution in [3.8, 4) is 5.75 Å². The Labute approximate surface area is 108 Å². The molecule has 0 aromatic carbocycles. The van der Waals surface area contributed by atoms with Gasteiger partial charge in [0.15, 0.2) is 5.75 Å². The Balaban J connectivity index is 2.49. The maximum Gasteiger partial charge on any atom is 0.162 e. The van der Waals surface area contributed by atoms with Gasteiger partial charge in [-0.25, -0.2) is 5.43 Å². The lowest BCUT2D eigenvalue weighted by Gasteiger charge is -2.16. The average Bonchev–Trinajstić information content (AvgIpc) is 2.89. The fourth-order valence-electron chi connectivity index (χ4n) is 1.70. The molecule has 0 saturated heterocycles. The van der Waals surface area contributed by atoms with Crippen LogP contribution in [0.1, 0.15) is 16.6 Å². The summed E-state index contributed by atoms with van der Waals surface area (Å²) in [6, 6.07) is 1.61. The van der Waals surface area contributed by atoms with E-state index >= 15 is 0 Å². The van der Waals surface area contributed by atoms with E-state index < -0.39 is 0 Å². The highest BCUT2D eigenvalue weighted by molar-refractivity contribution is 7.10. The van der Waals surface area contributed by atoms with Crippen molar-refractivity contribution < 1.29 is 4.74 Å². The standard InChI is InChI=1S/C10H13ClN4OS/c1-15-9(7(16-2)5-13-15)8(14-12)10-6(11)3-4-17-10/h3-5,8,14H,12H2,1-2H3. The van der Waals surface area contributed by atoms with Crippen LogP contribution in [0.3, 0.4) is 0 Å². The zero-order valence-corrected chi connectivity index (χ0v) is 11.0. The Kier molecular flexibility index (Phi) is 3.68. The van der Waals surface area contributed by atoms with Gasteiger partial charge in [0.1, 0.15) is 11.7 Å². The third kappa shape index (κ3) is 2.16. The van der Waals surface area contributed by atoms with Crippen molar-refractivity contribution in [3.63, 3.8) is 0 Å². The summed E-state index contributed by atoms with van der Waals surface area (Å²) in [7, 11) is 3.44. The number of nitrogens with zero attached hydrogens (tertiary/aromatic N) is 2. The number of aryl methyl sites for hydroxylation is 1. The quantitative estimate of drug-likeness (QED) is 0.657. The van der Waals surface area contributed by atoms with E-state index in [4.69, 9.17) is 22.2 Å². The summed E-state index contributed by atoms with van der Waals surface area (Å²) < 4.78 is 6.99. The molecule has 0 radical (unpaired) electrons. The smallest absolute Gasteiger partial charge is 0.162 e. The highest BCUT2D eigenvalue weighted by atomic mass is 35.5. The molecule has 3 N–H and O–H groups in total. The number of rotatable bonds is 4. The number of aromatic nitrogens is 2. The van der Waals surface area contributed by atoms with Crippen LogP contribution in [0, 0.1) is 0 Å². The second kappa shape index (κ2) is 5.05. The summed E-state index contributed by atoms with van der Waals surface area (Å²) in [5, 5.41) is 6.76. The lowest BCUT2D eigenvalue weighted by Crippen LogP contribution is -2.30. The van der Waals surface area contributed by atoms with Gasteiger partial charge in [-0.15, -0.1) is 11.3 Å². The second-order valence-electron chi connectivity index (χ2n) is 3.45. The highest BCUT2D eigenvalue weighted by Gasteiger charge is 2.24. The molecular formula is C10H13ClN4OS. The molecule has 1 atom stereocenters. The van der Waals surface area contributed by atoms with Crippen LogP contribution < -0.4 is 16.0 Å². The molecule has 2 rings (SSSR count). The monoisotopic (exact) mass is 272 g/mol. The topological polar surface area (TPSA) is 65.1 Å². The third-order valence-corrected chi connectivity index (χ3v) is 3.94. The second-order valence-corrected chi connectivity index (χ2v) is 4.81. The summed E-state index contributed by atoms with van der Waals surface area (Å²) in [5.41, 5.74) is 3.60.